The number of esters is 1. The third-order valence-corrected chi connectivity index (χ3v) is 6.26. The van der Waals surface area contributed by atoms with Gasteiger partial charge in [0.15, 0.2) is 17.2 Å². The summed E-state index contributed by atoms with van der Waals surface area (Å²) in [4.78, 5) is 29.1. The first-order valence-corrected chi connectivity index (χ1v) is 10.7. The van der Waals surface area contributed by atoms with Gasteiger partial charge in [-0.05, 0) is 44.4 Å². The van der Waals surface area contributed by atoms with Gasteiger partial charge in [-0.1, -0.05) is 36.6 Å². The molecule has 1 aliphatic rings. The highest BCUT2D eigenvalue weighted by Gasteiger charge is 2.43. The van der Waals surface area contributed by atoms with E-state index in [1.54, 1.807) is 0 Å². The van der Waals surface area contributed by atoms with Crippen LogP contribution in [0.15, 0.2) is 36.5 Å². The zero-order valence-corrected chi connectivity index (χ0v) is 18.6. The first-order chi connectivity index (χ1) is 14.8. The van der Waals surface area contributed by atoms with E-state index in [-0.39, 0.29) is 28.7 Å². The van der Waals surface area contributed by atoms with Crippen molar-refractivity contribution in [3.63, 3.8) is 0 Å². The number of benzene rings is 1. The topological polar surface area (TPSA) is 97.8 Å². The number of aromatic nitrogens is 1. The van der Waals surface area contributed by atoms with Crippen LogP contribution in [-0.4, -0.2) is 41.2 Å². The van der Waals surface area contributed by atoms with Crippen molar-refractivity contribution in [3.05, 3.63) is 52.8 Å². The Balaban J connectivity index is 1.69. The molecule has 0 aliphatic heterocycles. The average molecular weight is 447 g/mol. The van der Waals surface area contributed by atoms with Crippen LogP contribution >= 0.6 is 11.6 Å². The number of aromatic hydroxyl groups is 1. The highest BCUT2D eigenvalue weighted by molar-refractivity contribution is 6.30. The number of amides is 1. The number of nitrogens with one attached hydrogen (secondary N) is 1. The van der Waals surface area contributed by atoms with Crippen LogP contribution in [-0.2, 0) is 14.9 Å². The zero-order chi connectivity index (χ0) is 22.6. The number of halogens is 1. The maximum atomic E-state index is 12.7. The molecule has 1 saturated carbocycles. The lowest BCUT2D eigenvalue weighted by Gasteiger charge is -2.36. The van der Waals surface area contributed by atoms with Gasteiger partial charge < -0.3 is 19.9 Å². The Kier molecular flexibility index (Phi) is 7.05. The van der Waals surface area contributed by atoms with Crippen LogP contribution in [0.2, 0.25) is 5.02 Å². The maximum Gasteiger partial charge on any atom is 0.328 e. The summed E-state index contributed by atoms with van der Waals surface area (Å²) >= 11 is 6.04. The molecule has 0 radical (unpaired) electrons. The van der Waals surface area contributed by atoms with Crippen LogP contribution < -0.4 is 10.1 Å². The molecule has 0 saturated heterocycles. The van der Waals surface area contributed by atoms with Crippen LogP contribution in [0.1, 0.15) is 55.6 Å². The first-order valence-electron chi connectivity index (χ1n) is 10.3. The van der Waals surface area contributed by atoms with Gasteiger partial charge in [-0.3, -0.25) is 4.79 Å². The lowest BCUT2D eigenvalue weighted by Crippen LogP contribution is -2.45. The Hall–Kier alpha value is -2.80. The van der Waals surface area contributed by atoms with Gasteiger partial charge in [0.25, 0.3) is 5.91 Å². The van der Waals surface area contributed by atoms with Crippen molar-refractivity contribution in [1.29, 1.82) is 0 Å². The second-order valence-electron chi connectivity index (χ2n) is 7.85. The first kappa shape index (κ1) is 22.9. The smallest absolute Gasteiger partial charge is 0.328 e. The predicted octanol–water partition coefficient (Wildman–Crippen LogP) is 4.01. The molecule has 1 fully saturated rings. The highest BCUT2D eigenvalue weighted by atomic mass is 35.5. The summed E-state index contributed by atoms with van der Waals surface area (Å²) in [5, 5.41) is 13.3. The van der Waals surface area contributed by atoms with Gasteiger partial charge in [0.05, 0.1) is 7.11 Å². The lowest BCUT2D eigenvalue weighted by atomic mass is 9.74. The Morgan fingerprint density at radius 2 is 1.81 bits per heavy atom. The van der Waals surface area contributed by atoms with E-state index in [4.69, 9.17) is 21.1 Å². The molecule has 1 heterocycles. The Morgan fingerprint density at radius 3 is 2.42 bits per heavy atom. The number of rotatable bonds is 7. The van der Waals surface area contributed by atoms with Crippen LogP contribution in [0.25, 0.3) is 0 Å². The molecule has 1 amide bonds. The molecule has 2 N–H and O–H groups in total. The number of ether oxygens (including phenoxy) is 2. The summed E-state index contributed by atoms with van der Waals surface area (Å²) < 4.78 is 10.8. The minimum absolute atomic E-state index is 0.121. The third-order valence-electron chi connectivity index (χ3n) is 6.01. The highest BCUT2D eigenvalue weighted by Crippen LogP contribution is 2.45. The number of nitrogens with zero attached hydrogens (tertiary/aromatic N) is 1. The number of hydrogen-bond acceptors (Lipinski definition) is 6. The van der Waals surface area contributed by atoms with E-state index in [0.29, 0.717) is 5.02 Å². The van der Waals surface area contributed by atoms with Gasteiger partial charge in [-0.15, -0.1) is 0 Å². The van der Waals surface area contributed by atoms with E-state index in [2.05, 4.69) is 10.3 Å². The lowest BCUT2D eigenvalue weighted by molar-refractivity contribution is -0.153. The number of methoxy groups -OCH3 is 1. The summed E-state index contributed by atoms with van der Waals surface area (Å²) in [6.07, 6.45) is 4.88. The van der Waals surface area contributed by atoms with Gasteiger partial charge in [-0.2, -0.15) is 0 Å². The second kappa shape index (κ2) is 9.56. The second-order valence-corrected chi connectivity index (χ2v) is 8.29. The molecule has 166 valence electrons. The standard InChI is InChI=1S/C23H27ClN2O5/c1-14(26-21(28)19-20(27)18(30-3)10-13-25-19)22(29)31-15(2)23(11-4-5-12-23)16-6-8-17(24)9-7-16/h6-10,13-15,27H,4-5,11-12H2,1-3H3,(H,26,28)/t14-,15?/m0/s1. The number of carbonyl (C=O) groups is 2. The maximum absolute atomic E-state index is 12.7. The van der Waals surface area contributed by atoms with Crippen molar-refractivity contribution in [1.82, 2.24) is 10.3 Å². The molecule has 7 nitrogen and oxygen atoms in total. The monoisotopic (exact) mass is 446 g/mol. The molecule has 1 aliphatic carbocycles. The third kappa shape index (κ3) is 4.77. The van der Waals surface area contributed by atoms with Gasteiger partial charge in [0.1, 0.15) is 12.1 Å². The largest absolute Gasteiger partial charge is 0.503 e. The van der Waals surface area contributed by atoms with Crippen molar-refractivity contribution in [3.8, 4) is 11.5 Å². The Labute approximate surface area is 186 Å². The summed E-state index contributed by atoms with van der Waals surface area (Å²) in [6.45, 7) is 3.43. The predicted molar refractivity (Wildman–Crippen MR) is 117 cm³/mol. The molecule has 1 unspecified atom stereocenters. The summed E-state index contributed by atoms with van der Waals surface area (Å²) in [6, 6.07) is 8.18. The van der Waals surface area contributed by atoms with Crippen molar-refractivity contribution < 1.29 is 24.2 Å². The van der Waals surface area contributed by atoms with E-state index in [1.165, 1.54) is 26.3 Å². The van der Waals surface area contributed by atoms with Crippen molar-refractivity contribution >= 4 is 23.5 Å². The molecular formula is C23H27ClN2O5. The van der Waals surface area contributed by atoms with Crippen LogP contribution in [0, 0.1) is 0 Å². The fourth-order valence-corrected chi connectivity index (χ4v) is 4.32. The van der Waals surface area contributed by atoms with Crippen molar-refractivity contribution in [2.75, 3.05) is 7.11 Å². The van der Waals surface area contributed by atoms with Crippen LogP contribution in [0.4, 0.5) is 0 Å². The van der Waals surface area contributed by atoms with E-state index >= 15 is 0 Å². The molecule has 8 heteroatoms. The fraction of sp³-hybridized carbons (Fsp3) is 0.435. The summed E-state index contributed by atoms with van der Waals surface area (Å²) in [7, 11) is 1.37. The Bertz CT molecular complexity index is 941. The minimum atomic E-state index is -0.925. The quantitative estimate of drug-likeness (QED) is 0.623. The fourth-order valence-electron chi connectivity index (χ4n) is 4.20. The van der Waals surface area contributed by atoms with Gasteiger partial charge in [0.2, 0.25) is 0 Å². The SMILES string of the molecule is COc1ccnc(C(=O)N[C@@H](C)C(=O)OC(C)C2(c3ccc(Cl)cc3)CCCC2)c1O. The van der Waals surface area contributed by atoms with Gasteiger partial charge in [-0.25, -0.2) is 9.78 Å². The van der Waals surface area contributed by atoms with Gasteiger partial charge in [0, 0.05) is 22.7 Å². The molecule has 2 atom stereocenters. The molecule has 2 aromatic rings. The Morgan fingerprint density at radius 1 is 1.16 bits per heavy atom. The van der Waals surface area contributed by atoms with E-state index in [0.717, 1.165) is 31.2 Å². The molecule has 1 aromatic heterocycles. The normalized spacial score (nSPS) is 16.9. The molecular weight excluding hydrogens is 420 g/mol. The molecule has 3 rings (SSSR count). The van der Waals surface area contributed by atoms with Crippen molar-refractivity contribution in [2.24, 2.45) is 0 Å². The number of carbonyl (C=O) groups excluding carboxylic acids is 2. The van der Waals surface area contributed by atoms with E-state index in [9.17, 15) is 14.7 Å². The van der Waals surface area contributed by atoms with Gasteiger partial charge >= 0.3 is 5.97 Å². The van der Waals surface area contributed by atoms with E-state index < -0.39 is 17.9 Å². The van der Waals surface area contributed by atoms with Crippen LogP contribution in [0.3, 0.4) is 0 Å². The number of pyridine rings is 1. The zero-order valence-electron chi connectivity index (χ0n) is 17.9. The van der Waals surface area contributed by atoms with Crippen LogP contribution in [0.5, 0.6) is 11.5 Å². The van der Waals surface area contributed by atoms with Crippen molar-refractivity contribution in [2.45, 2.75) is 57.1 Å². The van der Waals surface area contributed by atoms with E-state index in [1.807, 2.05) is 31.2 Å². The minimum Gasteiger partial charge on any atom is -0.503 e. The number of hydrogen-bond donors (Lipinski definition) is 2. The summed E-state index contributed by atoms with van der Waals surface area (Å²) in [5.74, 6) is -1.51. The molecule has 31 heavy (non-hydrogen) atoms. The average Bonchev–Trinajstić information content (AvgIpc) is 3.25. The molecule has 1 aromatic carbocycles. The molecule has 0 spiro atoms. The molecule has 0 bridgehead atoms. The summed E-state index contributed by atoms with van der Waals surface area (Å²) in [5.41, 5.74) is 0.591.